The second-order valence-electron chi connectivity index (χ2n) is 3.05. The first-order chi connectivity index (χ1) is 5.79. The van der Waals surface area contributed by atoms with Gasteiger partial charge in [0.25, 0.3) is 0 Å². The molecule has 12 heavy (non-hydrogen) atoms. The molecule has 0 amide bonds. The van der Waals surface area contributed by atoms with Gasteiger partial charge in [-0.15, -0.1) is 0 Å². The smallest absolute Gasteiger partial charge is 0.200 e. The molecule has 0 saturated heterocycles. The number of Topliss-reactive ketones (excluding diaryl/α,β-unsaturated/α-hetero) is 1. The van der Waals surface area contributed by atoms with E-state index in [0.717, 1.165) is 19.3 Å². The van der Waals surface area contributed by atoms with Crippen molar-refractivity contribution in [3.05, 3.63) is 11.8 Å². The zero-order valence-corrected chi connectivity index (χ0v) is 7.80. The van der Waals surface area contributed by atoms with Crippen molar-refractivity contribution in [3.8, 4) is 0 Å². The van der Waals surface area contributed by atoms with Crippen LogP contribution < -0.4 is 0 Å². The summed E-state index contributed by atoms with van der Waals surface area (Å²) in [7, 11) is 0. The molecule has 2 nitrogen and oxygen atoms in total. The molecule has 0 spiro atoms. The van der Waals surface area contributed by atoms with Gasteiger partial charge < -0.3 is 4.74 Å². The van der Waals surface area contributed by atoms with E-state index in [1.807, 2.05) is 13.0 Å². The number of rotatable bonds is 3. The van der Waals surface area contributed by atoms with Crippen molar-refractivity contribution in [1.82, 2.24) is 0 Å². The highest BCUT2D eigenvalue weighted by Crippen LogP contribution is 2.23. The van der Waals surface area contributed by atoms with Gasteiger partial charge >= 0.3 is 0 Å². The first-order valence-corrected chi connectivity index (χ1v) is 4.66. The van der Waals surface area contributed by atoms with Crippen molar-refractivity contribution in [2.75, 3.05) is 6.61 Å². The minimum absolute atomic E-state index is 0.200. The second-order valence-corrected chi connectivity index (χ2v) is 3.05. The van der Waals surface area contributed by atoms with Crippen molar-refractivity contribution in [1.29, 1.82) is 0 Å². The molecule has 0 heterocycles. The van der Waals surface area contributed by atoms with Gasteiger partial charge in [-0.25, -0.2) is 0 Å². The third-order valence-electron chi connectivity index (χ3n) is 2.25. The summed E-state index contributed by atoms with van der Waals surface area (Å²) in [6.07, 6.45) is 4.83. The Labute approximate surface area is 73.6 Å². The van der Waals surface area contributed by atoms with Gasteiger partial charge in [0, 0.05) is 5.92 Å². The lowest BCUT2D eigenvalue weighted by Gasteiger charge is -2.19. The fourth-order valence-corrected chi connectivity index (χ4v) is 1.52. The predicted octanol–water partition coefficient (Wildman–Crippen LogP) is 2.30. The Balaban J connectivity index is 2.62. The van der Waals surface area contributed by atoms with E-state index in [-0.39, 0.29) is 11.7 Å². The van der Waals surface area contributed by atoms with Gasteiger partial charge in [-0.2, -0.15) is 0 Å². The zero-order chi connectivity index (χ0) is 8.97. The van der Waals surface area contributed by atoms with E-state index in [4.69, 9.17) is 4.74 Å². The third kappa shape index (κ3) is 1.87. The van der Waals surface area contributed by atoms with Gasteiger partial charge in [-0.3, -0.25) is 4.79 Å². The van der Waals surface area contributed by atoms with Crippen molar-refractivity contribution in [3.63, 3.8) is 0 Å². The molecular formula is C10H16O2. The Morgan fingerprint density at radius 3 is 2.92 bits per heavy atom. The topological polar surface area (TPSA) is 26.3 Å². The Kier molecular flexibility index (Phi) is 3.32. The highest BCUT2D eigenvalue weighted by Gasteiger charge is 2.24. The van der Waals surface area contributed by atoms with Crippen LogP contribution in [0.3, 0.4) is 0 Å². The SMILES string of the molecule is CCOC1=CCCC(CC)C1=O. The molecule has 0 saturated carbocycles. The quantitative estimate of drug-likeness (QED) is 0.646. The van der Waals surface area contributed by atoms with Crippen LogP contribution in [-0.4, -0.2) is 12.4 Å². The van der Waals surface area contributed by atoms with E-state index in [2.05, 4.69) is 6.92 Å². The van der Waals surface area contributed by atoms with Gasteiger partial charge in [0.05, 0.1) is 6.61 Å². The highest BCUT2D eigenvalue weighted by atomic mass is 16.5. The first kappa shape index (κ1) is 9.30. The highest BCUT2D eigenvalue weighted by molar-refractivity contribution is 5.96. The lowest BCUT2D eigenvalue weighted by molar-refractivity contribution is -0.123. The fraction of sp³-hybridized carbons (Fsp3) is 0.700. The van der Waals surface area contributed by atoms with Gasteiger partial charge in [0.15, 0.2) is 11.5 Å². The number of carbonyl (C=O) groups excluding carboxylic acids is 1. The number of ketones is 1. The van der Waals surface area contributed by atoms with Crippen LogP contribution in [0.25, 0.3) is 0 Å². The molecule has 0 N–H and O–H groups in total. The maximum Gasteiger partial charge on any atom is 0.200 e. The van der Waals surface area contributed by atoms with Crippen LogP contribution in [0.5, 0.6) is 0 Å². The number of carbonyl (C=O) groups is 1. The summed E-state index contributed by atoms with van der Waals surface area (Å²) in [6, 6.07) is 0. The van der Waals surface area contributed by atoms with Crippen molar-refractivity contribution in [2.24, 2.45) is 5.92 Å². The monoisotopic (exact) mass is 168 g/mol. The van der Waals surface area contributed by atoms with Gasteiger partial charge in [-0.1, -0.05) is 6.92 Å². The lowest BCUT2D eigenvalue weighted by atomic mass is 9.90. The van der Waals surface area contributed by atoms with E-state index in [9.17, 15) is 4.79 Å². The van der Waals surface area contributed by atoms with Crippen LogP contribution in [0.4, 0.5) is 0 Å². The van der Waals surface area contributed by atoms with Crippen molar-refractivity contribution >= 4 is 5.78 Å². The fourth-order valence-electron chi connectivity index (χ4n) is 1.52. The van der Waals surface area contributed by atoms with Crippen LogP contribution in [0.15, 0.2) is 11.8 Å². The Morgan fingerprint density at radius 2 is 2.33 bits per heavy atom. The molecule has 0 radical (unpaired) electrons. The molecule has 1 atom stereocenters. The number of ether oxygens (including phenoxy) is 1. The molecule has 1 aliphatic carbocycles. The summed E-state index contributed by atoms with van der Waals surface area (Å²) in [5.74, 6) is 0.998. The molecule has 1 rings (SSSR count). The Bertz CT molecular complexity index is 194. The molecule has 2 heteroatoms. The Hall–Kier alpha value is -0.790. The molecule has 1 unspecified atom stereocenters. The summed E-state index contributed by atoms with van der Waals surface area (Å²) >= 11 is 0. The van der Waals surface area contributed by atoms with E-state index in [1.165, 1.54) is 0 Å². The molecule has 0 fully saturated rings. The van der Waals surface area contributed by atoms with Gasteiger partial charge in [0.2, 0.25) is 0 Å². The van der Waals surface area contributed by atoms with Crippen molar-refractivity contribution < 1.29 is 9.53 Å². The third-order valence-corrected chi connectivity index (χ3v) is 2.25. The standard InChI is InChI=1S/C10H16O2/c1-3-8-6-5-7-9(10(8)11)12-4-2/h7-8H,3-6H2,1-2H3. The van der Waals surface area contributed by atoms with Crippen LogP contribution >= 0.6 is 0 Å². The van der Waals surface area contributed by atoms with Crippen LogP contribution in [0.2, 0.25) is 0 Å². The molecule has 1 aliphatic rings. The normalized spacial score (nSPS) is 23.7. The summed E-state index contributed by atoms with van der Waals surface area (Å²) in [5, 5.41) is 0. The number of allylic oxidation sites excluding steroid dienone is 2. The van der Waals surface area contributed by atoms with Crippen molar-refractivity contribution in [2.45, 2.75) is 33.1 Å². The Morgan fingerprint density at radius 1 is 1.58 bits per heavy atom. The average Bonchev–Trinajstić information content (AvgIpc) is 2.09. The number of hydrogen-bond acceptors (Lipinski definition) is 2. The summed E-state index contributed by atoms with van der Waals surface area (Å²) in [6.45, 7) is 4.55. The van der Waals surface area contributed by atoms with Crippen LogP contribution in [0.1, 0.15) is 33.1 Å². The maximum absolute atomic E-state index is 11.6. The summed E-state index contributed by atoms with van der Waals surface area (Å²) in [5.41, 5.74) is 0. The van der Waals surface area contributed by atoms with Gasteiger partial charge in [-0.05, 0) is 32.3 Å². The van der Waals surface area contributed by atoms with E-state index in [0.29, 0.717) is 12.4 Å². The van der Waals surface area contributed by atoms with Crippen LogP contribution in [0, 0.1) is 5.92 Å². The molecule has 0 bridgehead atoms. The molecule has 0 aliphatic heterocycles. The minimum Gasteiger partial charge on any atom is -0.490 e. The van der Waals surface area contributed by atoms with E-state index < -0.39 is 0 Å². The molecule has 0 aromatic heterocycles. The van der Waals surface area contributed by atoms with E-state index in [1.54, 1.807) is 0 Å². The van der Waals surface area contributed by atoms with E-state index >= 15 is 0 Å². The molecule has 0 aromatic rings. The average molecular weight is 168 g/mol. The lowest BCUT2D eigenvalue weighted by Crippen LogP contribution is -2.21. The predicted molar refractivity (Wildman–Crippen MR) is 47.7 cm³/mol. The molecule has 0 aromatic carbocycles. The maximum atomic E-state index is 11.6. The summed E-state index contributed by atoms with van der Waals surface area (Å²) in [4.78, 5) is 11.6. The van der Waals surface area contributed by atoms with Crippen LogP contribution in [-0.2, 0) is 9.53 Å². The largest absolute Gasteiger partial charge is 0.490 e. The van der Waals surface area contributed by atoms with Gasteiger partial charge in [0.1, 0.15) is 0 Å². The summed E-state index contributed by atoms with van der Waals surface area (Å²) < 4.78 is 5.24. The molecular weight excluding hydrogens is 152 g/mol. The molecule has 68 valence electrons. The number of hydrogen-bond donors (Lipinski definition) is 0. The minimum atomic E-state index is 0.200. The zero-order valence-electron chi connectivity index (χ0n) is 7.80. The first-order valence-electron chi connectivity index (χ1n) is 4.66. The second kappa shape index (κ2) is 4.29.